The first-order valence-corrected chi connectivity index (χ1v) is 10.1. The normalized spacial score (nSPS) is 15.2. The van der Waals surface area contributed by atoms with E-state index >= 15 is 0 Å². The van der Waals surface area contributed by atoms with Crippen LogP contribution in [0.2, 0.25) is 5.02 Å². The second kappa shape index (κ2) is 7.33. The Morgan fingerprint density at radius 3 is 2.84 bits per heavy atom. The van der Waals surface area contributed by atoms with Crippen LogP contribution >= 0.6 is 11.6 Å². The minimum atomic E-state index is -3.55. The van der Waals surface area contributed by atoms with Crippen molar-refractivity contribution in [2.24, 2.45) is 0 Å². The molecule has 2 aromatic rings. The fraction of sp³-hybridized carbons (Fsp3) is 0.333. The van der Waals surface area contributed by atoms with Gasteiger partial charge in [0, 0.05) is 30.8 Å². The number of benzene rings is 2. The summed E-state index contributed by atoms with van der Waals surface area (Å²) in [5.41, 5.74) is 3.67. The molecule has 0 bridgehead atoms. The molecule has 1 unspecified atom stereocenters. The number of sulfonamides is 1. The average Bonchev–Trinajstić information content (AvgIpc) is 2.93. The second-order valence-electron chi connectivity index (χ2n) is 6.31. The third-order valence-electron chi connectivity index (χ3n) is 4.36. The summed E-state index contributed by atoms with van der Waals surface area (Å²) in [6.07, 6.45) is 0.0534. The molecule has 0 amide bonds. The average molecular weight is 381 g/mol. The highest BCUT2D eigenvalue weighted by Crippen LogP contribution is 2.29. The second-order valence-corrected chi connectivity index (χ2v) is 8.56. The first-order chi connectivity index (χ1) is 11.8. The Balaban J connectivity index is 1.62. The van der Waals surface area contributed by atoms with Gasteiger partial charge in [-0.05, 0) is 41.3 Å². The lowest BCUT2D eigenvalue weighted by molar-refractivity contribution is 0.182. The third kappa shape index (κ3) is 4.52. The lowest BCUT2D eigenvalue weighted by Crippen LogP contribution is -2.29. The van der Waals surface area contributed by atoms with E-state index in [1.54, 1.807) is 24.3 Å². The summed E-state index contributed by atoms with van der Waals surface area (Å²) < 4.78 is 26.9. The Morgan fingerprint density at radius 1 is 1.28 bits per heavy atom. The molecule has 25 heavy (non-hydrogen) atoms. The minimum absolute atomic E-state index is 0.0580. The van der Waals surface area contributed by atoms with Crippen molar-refractivity contribution in [1.82, 2.24) is 4.72 Å². The Hall–Kier alpha value is -1.60. The molecule has 0 aromatic heterocycles. The highest BCUT2D eigenvalue weighted by Gasteiger charge is 2.19. The number of anilines is 1. The van der Waals surface area contributed by atoms with Gasteiger partial charge >= 0.3 is 0 Å². The van der Waals surface area contributed by atoms with Gasteiger partial charge in [-0.3, -0.25) is 0 Å². The molecule has 1 aliphatic rings. The van der Waals surface area contributed by atoms with Crippen LogP contribution in [0, 0.1) is 0 Å². The summed E-state index contributed by atoms with van der Waals surface area (Å²) in [6.45, 7) is 0.901. The van der Waals surface area contributed by atoms with Crippen LogP contribution in [-0.2, 0) is 22.2 Å². The van der Waals surface area contributed by atoms with E-state index in [1.165, 1.54) is 5.56 Å². The van der Waals surface area contributed by atoms with Gasteiger partial charge in [0.15, 0.2) is 0 Å². The smallest absolute Gasteiger partial charge is 0.215 e. The number of hydrogen-bond acceptors (Lipinski definition) is 4. The number of aliphatic hydroxyl groups is 1. The highest BCUT2D eigenvalue weighted by molar-refractivity contribution is 7.88. The molecular weight excluding hydrogens is 360 g/mol. The van der Waals surface area contributed by atoms with Crippen molar-refractivity contribution in [3.8, 4) is 0 Å². The zero-order valence-corrected chi connectivity index (χ0v) is 15.5. The maximum absolute atomic E-state index is 12.2. The zero-order valence-electron chi connectivity index (χ0n) is 13.9. The Morgan fingerprint density at radius 2 is 2.08 bits per heavy atom. The number of halogens is 1. The van der Waals surface area contributed by atoms with Crippen molar-refractivity contribution in [2.75, 3.05) is 25.0 Å². The van der Waals surface area contributed by atoms with E-state index in [0.717, 1.165) is 24.2 Å². The quantitative estimate of drug-likeness (QED) is 0.807. The molecule has 3 rings (SSSR count). The van der Waals surface area contributed by atoms with E-state index in [0.29, 0.717) is 10.6 Å². The molecule has 1 heterocycles. The van der Waals surface area contributed by atoms with Gasteiger partial charge < -0.3 is 10.0 Å². The molecule has 0 radical (unpaired) electrons. The van der Waals surface area contributed by atoms with Gasteiger partial charge in [0.25, 0.3) is 0 Å². The molecule has 134 valence electrons. The van der Waals surface area contributed by atoms with E-state index in [1.807, 2.05) is 25.2 Å². The summed E-state index contributed by atoms with van der Waals surface area (Å²) >= 11 is 5.88. The first kappa shape index (κ1) is 18.2. The van der Waals surface area contributed by atoms with E-state index < -0.39 is 16.1 Å². The molecule has 7 heteroatoms. The number of hydrogen-bond donors (Lipinski definition) is 2. The SMILES string of the molecule is CN1CCc2cc(C(O)CNS(=O)(=O)Cc3cccc(Cl)c3)ccc21. The third-order valence-corrected chi connectivity index (χ3v) is 5.91. The van der Waals surface area contributed by atoms with Crippen LogP contribution in [-0.4, -0.2) is 33.7 Å². The number of aliphatic hydroxyl groups excluding tert-OH is 1. The highest BCUT2D eigenvalue weighted by atomic mass is 35.5. The molecule has 0 spiro atoms. The van der Waals surface area contributed by atoms with Crippen LogP contribution in [0.15, 0.2) is 42.5 Å². The maximum atomic E-state index is 12.2. The molecule has 0 saturated heterocycles. The fourth-order valence-electron chi connectivity index (χ4n) is 3.01. The minimum Gasteiger partial charge on any atom is -0.387 e. The van der Waals surface area contributed by atoms with Gasteiger partial charge in [-0.25, -0.2) is 13.1 Å². The van der Waals surface area contributed by atoms with Gasteiger partial charge in [-0.2, -0.15) is 0 Å². The first-order valence-electron chi connectivity index (χ1n) is 8.08. The molecule has 1 aliphatic heterocycles. The molecule has 5 nitrogen and oxygen atoms in total. The van der Waals surface area contributed by atoms with E-state index in [-0.39, 0.29) is 12.3 Å². The van der Waals surface area contributed by atoms with Crippen molar-refractivity contribution in [1.29, 1.82) is 0 Å². The monoisotopic (exact) mass is 380 g/mol. The van der Waals surface area contributed by atoms with Crippen molar-refractivity contribution in [2.45, 2.75) is 18.3 Å². The van der Waals surface area contributed by atoms with Crippen LogP contribution in [0.3, 0.4) is 0 Å². The summed E-state index contributed by atoms with van der Waals surface area (Å²) in [6, 6.07) is 12.5. The number of fused-ring (bicyclic) bond motifs is 1. The summed E-state index contributed by atoms with van der Waals surface area (Å²) in [5.74, 6) is -0.171. The van der Waals surface area contributed by atoms with Crippen LogP contribution < -0.4 is 9.62 Å². The molecule has 0 saturated carbocycles. The predicted octanol–water partition coefficient (Wildman–Crippen LogP) is 2.49. The van der Waals surface area contributed by atoms with Gasteiger partial charge in [0.1, 0.15) is 0 Å². The summed E-state index contributed by atoms with van der Waals surface area (Å²) in [4.78, 5) is 2.17. The van der Waals surface area contributed by atoms with Crippen molar-refractivity contribution in [3.05, 3.63) is 64.2 Å². The summed E-state index contributed by atoms with van der Waals surface area (Å²) in [5, 5.41) is 10.8. The van der Waals surface area contributed by atoms with Gasteiger partial charge in [-0.1, -0.05) is 35.9 Å². The van der Waals surface area contributed by atoms with Crippen LogP contribution in [0.1, 0.15) is 22.8 Å². The molecule has 0 fully saturated rings. The fourth-order valence-corrected chi connectivity index (χ4v) is 4.36. The molecular formula is C18H21ClN2O3S. The Bertz CT molecular complexity index is 870. The molecule has 1 atom stereocenters. The number of rotatable bonds is 6. The molecule has 0 aliphatic carbocycles. The van der Waals surface area contributed by atoms with Crippen molar-refractivity contribution < 1.29 is 13.5 Å². The predicted molar refractivity (Wildman–Crippen MR) is 100 cm³/mol. The van der Waals surface area contributed by atoms with Gasteiger partial charge in [0.2, 0.25) is 10.0 Å². The van der Waals surface area contributed by atoms with Crippen molar-refractivity contribution >= 4 is 27.3 Å². The van der Waals surface area contributed by atoms with Gasteiger partial charge in [-0.15, -0.1) is 0 Å². The van der Waals surface area contributed by atoms with E-state index in [4.69, 9.17) is 11.6 Å². The van der Waals surface area contributed by atoms with Crippen LogP contribution in [0.4, 0.5) is 5.69 Å². The number of nitrogens with one attached hydrogen (secondary N) is 1. The lowest BCUT2D eigenvalue weighted by Gasteiger charge is -2.15. The lowest BCUT2D eigenvalue weighted by atomic mass is 10.0. The van der Waals surface area contributed by atoms with Gasteiger partial charge in [0.05, 0.1) is 11.9 Å². The van der Waals surface area contributed by atoms with Crippen molar-refractivity contribution in [3.63, 3.8) is 0 Å². The molecule has 2 aromatic carbocycles. The summed E-state index contributed by atoms with van der Waals surface area (Å²) in [7, 11) is -1.52. The Labute approximate surface area is 153 Å². The van der Waals surface area contributed by atoms with Crippen LogP contribution in [0.5, 0.6) is 0 Å². The zero-order chi connectivity index (χ0) is 18.0. The largest absolute Gasteiger partial charge is 0.387 e. The van der Waals surface area contributed by atoms with E-state index in [2.05, 4.69) is 9.62 Å². The number of likely N-dealkylation sites (N-methyl/N-ethyl adjacent to an activating group) is 1. The topological polar surface area (TPSA) is 69.6 Å². The van der Waals surface area contributed by atoms with Crippen LogP contribution in [0.25, 0.3) is 0 Å². The van der Waals surface area contributed by atoms with E-state index in [9.17, 15) is 13.5 Å². The number of nitrogens with zero attached hydrogens (tertiary/aromatic N) is 1. The Kier molecular flexibility index (Phi) is 5.34. The standard InChI is InChI=1S/C18H21ClN2O3S/c1-21-8-7-14-10-15(5-6-17(14)21)18(22)11-20-25(23,24)12-13-3-2-4-16(19)9-13/h2-6,9-10,18,20,22H,7-8,11-12H2,1H3. The maximum Gasteiger partial charge on any atom is 0.215 e. The molecule has 2 N–H and O–H groups in total.